The van der Waals surface area contributed by atoms with Crippen LogP contribution in [-0.2, 0) is 99.0 Å². The number of nitrogen functional groups attached to an aromatic ring is 1. The summed E-state index contributed by atoms with van der Waals surface area (Å²) >= 11 is 0.930. The van der Waals surface area contributed by atoms with Crippen LogP contribution in [0.3, 0.4) is 0 Å². The van der Waals surface area contributed by atoms with E-state index in [0.29, 0.717) is 80.1 Å². The quantitative estimate of drug-likeness (QED) is 0.00376. The molecule has 42 nitrogen and oxygen atoms in total. The van der Waals surface area contributed by atoms with Crippen molar-refractivity contribution in [2.75, 3.05) is 109 Å². The molecule has 670 valence electrons. The van der Waals surface area contributed by atoms with Crippen LogP contribution in [-0.4, -0.2) is 277 Å². The van der Waals surface area contributed by atoms with E-state index in [1.54, 1.807) is 83.1 Å². The van der Waals surface area contributed by atoms with Crippen LogP contribution in [0.5, 0.6) is 5.75 Å². The van der Waals surface area contributed by atoms with Gasteiger partial charge in [-0.1, -0.05) is 48.5 Å². The Morgan fingerprint density at radius 2 is 1.30 bits per heavy atom. The highest BCUT2D eigenvalue weighted by Crippen LogP contribution is 2.42. The highest BCUT2D eigenvalue weighted by atomic mass is 32.2. The fraction of sp³-hybridized carbons (Fsp3) is 0.456. The molecule has 1 unspecified atom stereocenters. The molecular weight excluding hydrogens is 1680 g/mol. The SMILES string of the molecule is Cc1cc(-c2ccc(NC(=O)[C@@H](CCCCNC(=O)CCN3C(=O)CC(SCC(=O)NCCCC[C@H]4NC(=O)[C@H](Cc5ccccc5)CC(=O)[C@H](CC(=O)O)NC(=O)CNC(=O)[C@H](CCCNC(=N)N)NC4=O)C3=O)NC(=O)CN3CCN(COC=O)CCN(CC(=O)O)CC3)c(C)c2)ccc1N=Nc1ccc2c(S(=O)(=O)O)ccc(N)c2c1O.O=S(=O)=O. The van der Waals surface area contributed by atoms with Crippen LogP contribution in [0.15, 0.2) is 106 Å². The molecule has 0 spiro atoms. The molecule has 45 heteroatoms. The lowest BCUT2D eigenvalue weighted by Gasteiger charge is -2.26. The van der Waals surface area contributed by atoms with Gasteiger partial charge in [0.15, 0.2) is 17.5 Å². The number of Topliss-reactive ketones (excluding diaryl/α,β-unsaturated/α-hetero) is 1. The van der Waals surface area contributed by atoms with Gasteiger partial charge in [0.25, 0.3) is 16.6 Å². The molecule has 3 fully saturated rings. The van der Waals surface area contributed by atoms with Gasteiger partial charge in [-0.3, -0.25) is 96.7 Å². The van der Waals surface area contributed by atoms with Crippen molar-refractivity contribution >= 4 is 155 Å². The average Bonchev–Trinajstić information content (AvgIpc) is 1.01. The molecule has 0 bridgehead atoms. The number of phenolic OH excluding ortho intramolecular Hbond substituents is 1. The summed E-state index contributed by atoms with van der Waals surface area (Å²) in [5.41, 5.74) is 15.9. The van der Waals surface area contributed by atoms with E-state index in [-0.39, 0.29) is 144 Å². The van der Waals surface area contributed by atoms with Gasteiger partial charge in [0.05, 0.1) is 54.2 Å². The monoisotopic (exact) mass is 1780 g/mol. The minimum absolute atomic E-state index is 0.00993. The number of ketones is 1. The number of imide groups is 1. The van der Waals surface area contributed by atoms with E-state index in [1.165, 1.54) is 18.2 Å². The predicted octanol–water partition coefficient (Wildman–Crippen LogP) is 0.592. The molecule has 3 heterocycles. The zero-order valence-electron chi connectivity index (χ0n) is 68.0. The minimum Gasteiger partial charge on any atom is -0.505 e. The number of guanidine groups is 1. The number of nitrogens with zero attached hydrogens (tertiary/aromatic N) is 6. The number of anilines is 2. The smallest absolute Gasteiger partial charge is 0.425 e. The van der Waals surface area contributed by atoms with E-state index in [1.807, 2.05) is 12.1 Å². The Bertz CT molecular complexity index is 5010. The number of ether oxygens (including phenoxy) is 1. The summed E-state index contributed by atoms with van der Waals surface area (Å²) in [7, 11) is -7.77. The van der Waals surface area contributed by atoms with Gasteiger partial charge in [-0.15, -0.1) is 29.5 Å². The Morgan fingerprint density at radius 3 is 1.94 bits per heavy atom. The highest BCUT2D eigenvalue weighted by Gasteiger charge is 2.40. The molecular formula is C79H102N18O24S3. The van der Waals surface area contributed by atoms with Crippen molar-refractivity contribution in [1.82, 2.24) is 62.1 Å². The number of nitrogens with two attached hydrogens (primary N) is 2. The standard InChI is InChI=1S/C79H102N18O21S2.O3S/c1-47-35-50(51-17-21-56(48(2)36-51)92-93-57-22-18-53-64(120(115,116)117)23-19-54(80)72(53)73(57)109)16-20-55(47)89-76(112)59(87-67(102)42-94-29-30-95(43-71(107)108)32-34-96(33-31-94)45-118-46-98)13-6-8-25-83-65(100)24-28-97-69(104)40-63(78(97)114)119-44-68(103)84-26-9-7-14-60-77(113)91-58(15-10-27-85-79(81)82)75(111)86-41-66(101)88-61(39-70(105)106)62(99)38-52(74(110)90-60)37-49-11-4-3-5-12-49;1-4(2)3/h3-5,11-12,16-23,35-36,46,52,58-61,63,109H,6-10,13-15,24-34,37-45,80H2,1-2H3,(H,83,100)(H,84,103)(H,86,111)(H,87,102)(H,88,101)(H,89,112)(H,90,110)(H,91,113)(H,105,106)(H,107,108)(H4,81,82,85)(H,115,116,117);/t52-,58+,59-,60-,61+,63?;/m1./s1. The number of azo groups is 1. The topological polar surface area (TPSA) is 636 Å². The van der Waals surface area contributed by atoms with Gasteiger partial charge in [-0.05, 0) is 142 Å². The number of aryl methyl sites for hydroxylation is 2. The number of aromatic hydroxyl groups is 1. The molecule has 10 amide bonds. The Morgan fingerprint density at radius 1 is 0.694 bits per heavy atom. The number of carboxylic acid groups (broad SMARTS) is 2. The Hall–Kier alpha value is -12.4. The predicted molar refractivity (Wildman–Crippen MR) is 449 cm³/mol. The maximum Gasteiger partial charge on any atom is 0.425 e. The van der Waals surface area contributed by atoms with E-state index >= 15 is 0 Å². The lowest BCUT2D eigenvalue weighted by Crippen LogP contribution is -2.55. The van der Waals surface area contributed by atoms with Crippen LogP contribution in [0, 0.1) is 25.2 Å². The number of hydrogen-bond acceptors (Lipinski definition) is 29. The number of benzene rings is 5. The van der Waals surface area contributed by atoms with Crippen LogP contribution in [0.1, 0.15) is 93.7 Å². The number of rotatable bonds is 38. The van der Waals surface area contributed by atoms with Gasteiger partial charge in [-0.2, -0.15) is 13.5 Å². The summed E-state index contributed by atoms with van der Waals surface area (Å²) < 4.78 is 64.1. The molecule has 8 rings (SSSR count). The first kappa shape index (κ1) is 98.7. The number of carboxylic acids is 2. The third kappa shape index (κ3) is 32.4. The number of carbonyl (C=O) groups is 14. The highest BCUT2D eigenvalue weighted by molar-refractivity contribution is 8.01. The van der Waals surface area contributed by atoms with Gasteiger partial charge in [-0.25, -0.2) is 0 Å². The van der Waals surface area contributed by atoms with E-state index in [2.05, 4.69) is 58.1 Å². The number of aliphatic carboxylic acids is 2. The van der Waals surface area contributed by atoms with Crippen LogP contribution in [0.25, 0.3) is 21.9 Å². The molecule has 3 saturated heterocycles. The maximum atomic E-state index is 14.4. The number of carbonyl (C=O) groups excluding carboxylic acids is 12. The van der Waals surface area contributed by atoms with Crippen LogP contribution in [0.4, 0.5) is 22.7 Å². The summed E-state index contributed by atoms with van der Waals surface area (Å²) in [4.78, 5) is 191. The van der Waals surface area contributed by atoms with Gasteiger partial charge in [0, 0.05) is 107 Å². The Kier molecular flexibility index (Phi) is 39.0. The van der Waals surface area contributed by atoms with Crippen molar-refractivity contribution in [1.29, 1.82) is 5.41 Å². The first-order valence-corrected chi connectivity index (χ1v) is 43.0. The van der Waals surface area contributed by atoms with Crippen molar-refractivity contribution < 1.29 is 113 Å². The number of fused-ring (bicyclic) bond motifs is 1. The van der Waals surface area contributed by atoms with Gasteiger partial charge < -0.3 is 79.4 Å². The van der Waals surface area contributed by atoms with Crippen LogP contribution in [0.2, 0.25) is 0 Å². The van der Waals surface area contributed by atoms with Gasteiger partial charge in [0.2, 0.25) is 59.1 Å². The van der Waals surface area contributed by atoms with E-state index in [4.69, 9.17) is 34.2 Å². The Labute approximate surface area is 718 Å². The first-order valence-electron chi connectivity index (χ1n) is 39.5. The fourth-order valence-electron chi connectivity index (χ4n) is 13.7. The number of thioether (sulfide) groups is 1. The summed E-state index contributed by atoms with van der Waals surface area (Å²) in [5, 5.41) is 69.5. The van der Waals surface area contributed by atoms with E-state index in [9.17, 15) is 95.4 Å². The first-order chi connectivity index (χ1) is 59.0. The molecule has 6 atom stereocenters. The van der Waals surface area contributed by atoms with Crippen molar-refractivity contribution in [3.63, 3.8) is 0 Å². The molecule has 0 radical (unpaired) electrons. The summed E-state index contributed by atoms with van der Waals surface area (Å²) in [6, 6.07) is 19.1. The molecule has 3 aliphatic heterocycles. The minimum atomic E-state index is -4.65. The largest absolute Gasteiger partial charge is 0.505 e. The molecule has 5 aromatic carbocycles. The van der Waals surface area contributed by atoms with Crippen molar-refractivity contribution in [3.8, 4) is 16.9 Å². The zero-order valence-corrected chi connectivity index (χ0v) is 70.5. The number of nitrogens with one attached hydrogen (secondary N) is 10. The normalized spacial score (nSPS) is 18.2. The lowest BCUT2D eigenvalue weighted by atomic mass is 9.90. The average molecular weight is 1780 g/mol. The summed E-state index contributed by atoms with van der Waals surface area (Å²) in [6.07, 6.45) is -0.591. The molecule has 0 saturated carbocycles. The number of unbranched alkanes of at least 4 members (excludes halogenated alkanes) is 2. The maximum absolute atomic E-state index is 14.4. The number of phenols is 1. The molecule has 18 N–H and O–H groups in total. The molecule has 3 aliphatic rings. The van der Waals surface area contributed by atoms with Crippen molar-refractivity contribution in [2.45, 2.75) is 132 Å². The van der Waals surface area contributed by atoms with E-state index in [0.717, 1.165) is 33.9 Å². The third-order valence-electron chi connectivity index (χ3n) is 20.2. The molecule has 0 aliphatic carbocycles. The molecule has 124 heavy (non-hydrogen) atoms. The molecule has 0 aromatic heterocycles. The Balaban J connectivity index is 0.00000516. The third-order valence-corrected chi connectivity index (χ3v) is 22.3. The van der Waals surface area contributed by atoms with Crippen molar-refractivity contribution in [2.24, 2.45) is 21.9 Å². The van der Waals surface area contributed by atoms with Crippen LogP contribution < -0.4 is 59.3 Å². The number of hydrogen-bond donors (Lipinski definition) is 16. The summed E-state index contributed by atoms with van der Waals surface area (Å²) in [6.45, 7) is 4.71. The zero-order chi connectivity index (χ0) is 90.7. The fourth-order valence-corrected chi connectivity index (χ4v) is 15.4. The lowest BCUT2D eigenvalue weighted by molar-refractivity contribution is -0.141. The second kappa shape index (κ2) is 49.0. The summed E-state index contributed by atoms with van der Waals surface area (Å²) in [5.74, 6) is -11.9. The molecule has 5 aromatic rings. The number of amides is 10. The van der Waals surface area contributed by atoms with Gasteiger partial charge in [0.1, 0.15) is 35.4 Å². The van der Waals surface area contributed by atoms with Gasteiger partial charge >= 0.3 is 22.5 Å². The van der Waals surface area contributed by atoms with E-state index < -0.39 is 163 Å². The second-order valence-corrected chi connectivity index (χ2v) is 32.4. The van der Waals surface area contributed by atoms with Crippen molar-refractivity contribution in [3.05, 3.63) is 108 Å². The van der Waals surface area contributed by atoms with Crippen LogP contribution >= 0.6 is 11.8 Å². The second-order valence-electron chi connectivity index (χ2n) is 29.4. The number of likely N-dealkylation sites (tertiary alicyclic amines) is 1.